The van der Waals surface area contributed by atoms with Crippen molar-refractivity contribution in [1.82, 2.24) is 4.90 Å². The van der Waals surface area contributed by atoms with Crippen LogP contribution >= 0.6 is 0 Å². The van der Waals surface area contributed by atoms with Crippen LogP contribution in [0.3, 0.4) is 0 Å². The molecule has 1 amide bonds. The maximum absolute atomic E-state index is 12.2. The van der Waals surface area contributed by atoms with Crippen LogP contribution in [0.4, 0.5) is 5.69 Å². The summed E-state index contributed by atoms with van der Waals surface area (Å²) in [5.74, 6) is 1.04. The summed E-state index contributed by atoms with van der Waals surface area (Å²) in [4.78, 5) is 16.3. The van der Waals surface area contributed by atoms with Crippen LogP contribution in [-0.4, -0.2) is 48.1 Å². The number of phenols is 1. The lowest BCUT2D eigenvalue weighted by Gasteiger charge is -2.36. The van der Waals surface area contributed by atoms with E-state index in [1.54, 1.807) is 6.07 Å². The van der Waals surface area contributed by atoms with Gasteiger partial charge in [0, 0.05) is 38.6 Å². The number of piperazine rings is 1. The number of hydrogen-bond donors (Lipinski definition) is 2. The molecule has 2 aliphatic rings. The maximum atomic E-state index is 12.2. The van der Waals surface area contributed by atoms with Crippen molar-refractivity contribution < 1.29 is 9.90 Å². The van der Waals surface area contributed by atoms with Crippen molar-refractivity contribution in [3.8, 4) is 5.75 Å². The topological polar surface area (TPSA) is 69.8 Å². The summed E-state index contributed by atoms with van der Waals surface area (Å²) in [7, 11) is 0. The van der Waals surface area contributed by atoms with Crippen molar-refractivity contribution in [2.45, 2.75) is 25.3 Å². The van der Waals surface area contributed by atoms with Crippen LogP contribution in [0, 0.1) is 5.92 Å². The van der Waals surface area contributed by atoms with E-state index >= 15 is 0 Å². The lowest BCUT2D eigenvalue weighted by Crippen LogP contribution is -2.49. The Morgan fingerprint density at radius 2 is 1.90 bits per heavy atom. The number of nitrogens with two attached hydrogens (primary N) is 1. The number of phenolic OH excluding ortho intramolecular Hbond substituents is 1. The number of carbonyl (C=O) groups is 1. The molecule has 2 fully saturated rings. The Balaban J connectivity index is 1.52. The highest BCUT2D eigenvalue weighted by Gasteiger charge is 2.31. The molecule has 0 bridgehead atoms. The smallest absolute Gasteiger partial charge is 0.224 e. The molecule has 3 rings (SSSR count). The molecule has 0 aromatic heterocycles. The van der Waals surface area contributed by atoms with E-state index in [0.717, 1.165) is 18.8 Å². The third-order valence-corrected chi connectivity index (χ3v) is 4.49. The highest BCUT2D eigenvalue weighted by Crippen LogP contribution is 2.33. The monoisotopic (exact) mass is 289 g/mol. The van der Waals surface area contributed by atoms with E-state index in [1.807, 2.05) is 23.1 Å². The number of anilines is 1. The molecule has 1 aliphatic carbocycles. The molecule has 1 heterocycles. The van der Waals surface area contributed by atoms with Gasteiger partial charge in [0.05, 0.1) is 5.69 Å². The van der Waals surface area contributed by atoms with E-state index in [1.165, 1.54) is 12.8 Å². The van der Waals surface area contributed by atoms with Crippen LogP contribution in [0.25, 0.3) is 0 Å². The van der Waals surface area contributed by atoms with Crippen molar-refractivity contribution >= 4 is 11.6 Å². The minimum Gasteiger partial charge on any atom is -0.506 e. The number of amides is 1. The number of para-hydroxylation sites is 2. The lowest BCUT2D eigenvalue weighted by atomic mass is 10.1. The summed E-state index contributed by atoms with van der Waals surface area (Å²) in [6.07, 6.45) is 2.83. The van der Waals surface area contributed by atoms with Gasteiger partial charge in [0.15, 0.2) is 0 Å². The number of rotatable bonds is 4. The van der Waals surface area contributed by atoms with Gasteiger partial charge in [-0.15, -0.1) is 0 Å². The Hall–Kier alpha value is -1.75. The van der Waals surface area contributed by atoms with Crippen LogP contribution in [0.2, 0.25) is 0 Å². The maximum Gasteiger partial charge on any atom is 0.224 e. The third-order valence-electron chi connectivity index (χ3n) is 4.49. The van der Waals surface area contributed by atoms with E-state index in [9.17, 15) is 9.90 Å². The highest BCUT2D eigenvalue weighted by atomic mass is 16.3. The molecule has 1 aromatic carbocycles. The summed E-state index contributed by atoms with van der Waals surface area (Å²) in [5, 5.41) is 9.89. The molecule has 1 atom stereocenters. The van der Waals surface area contributed by atoms with Crippen molar-refractivity contribution in [1.29, 1.82) is 0 Å². The number of aromatic hydroxyl groups is 1. The quantitative estimate of drug-likeness (QED) is 0.873. The van der Waals surface area contributed by atoms with Gasteiger partial charge in [-0.05, 0) is 30.9 Å². The molecule has 1 unspecified atom stereocenters. The van der Waals surface area contributed by atoms with Gasteiger partial charge in [0.25, 0.3) is 0 Å². The summed E-state index contributed by atoms with van der Waals surface area (Å²) in [6, 6.07) is 7.38. The molecule has 0 radical (unpaired) electrons. The molecule has 1 aliphatic heterocycles. The van der Waals surface area contributed by atoms with Gasteiger partial charge >= 0.3 is 0 Å². The molecule has 5 nitrogen and oxygen atoms in total. The van der Waals surface area contributed by atoms with E-state index in [0.29, 0.717) is 31.2 Å². The summed E-state index contributed by atoms with van der Waals surface area (Å²) < 4.78 is 0. The van der Waals surface area contributed by atoms with Crippen molar-refractivity contribution in [2.75, 3.05) is 31.1 Å². The van der Waals surface area contributed by atoms with Gasteiger partial charge in [-0.3, -0.25) is 4.79 Å². The second kappa shape index (κ2) is 5.93. The van der Waals surface area contributed by atoms with Crippen LogP contribution in [-0.2, 0) is 4.79 Å². The second-order valence-electron chi connectivity index (χ2n) is 6.06. The number of nitrogens with zero attached hydrogens (tertiary/aromatic N) is 2. The van der Waals surface area contributed by atoms with Crippen LogP contribution < -0.4 is 10.6 Å². The Morgan fingerprint density at radius 1 is 1.24 bits per heavy atom. The molecular formula is C16H23N3O2. The Bertz CT molecular complexity index is 508. The van der Waals surface area contributed by atoms with Crippen LogP contribution in [0.1, 0.15) is 19.3 Å². The largest absolute Gasteiger partial charge is 0.506 e. The Labute approximate surface area is 125 Å². The molecule has 0 spiro atoms. The molecule has 114 valence electrons. The molecule has 1 saturated carbocycles. The first kappa shape index (κ1) is 14.2. The van der Waals surface area contributed by atoms with Crippen molar-refractivity contribution in [3.05, 3.63) is 24.3 Å². The number of benzene rings is 1. The third kappa shape index (κ3) is 3.29. The molecule has 3 N–H and O–H groups in total. The first-order valence-corrected chi connectivity index (χ1v) is 7.71. The van der Waals surface area contributed by atoms with Crippen LogP contribution in [0.15, 0.2) is 24.3 Å². The summed E-state index contributed by atoms with van der Waals surface area (Å²) in [5.41, 5.74) is 6.88. The minimum atomic E-state index is 0.0358. The fraction of sp³-hybridized carbons (Fsp3) is 0.562. The van der Waals surface area contributed by atoms with E-state index in [4.69, 9.17) is 5.73 Å². The molecule has 5 heteroatoms. The van der Waals surface area contributed by atoms with Crippen LogP contribution in [0.5, 0.6) is 5.75 Å². The zero-order valence-electron chi connectivity index (χ0n) is 12.2. The SMILES string of the molecule is NC(CC(=O)N1CCN(c2ccccc2O)CC1)C1CC1. The Kier molecular flexibility index (Phi) is 4.01. The minimum absolute atomic E-state index is 0.0358. The lowest BCUT2D eigenvalue weighted by molar-refractivity contribution is -0.131. The predicted molar refractivity (Wildman–Crippen MR) is 82.2 cm³/mol. The summed E-state index contributed by atoms with van der Waals surface area (Å²) >= 11 is 0. The van der Waals surface area contributed by atoms with Gasteiger partial charge in [-0.1, -0.05) is 12.1 Å². The molecular weight excluding hydrogens is 266 g/mol. The average Bonchev–Trinajstić information content (AvgIpc) is 3.32. The fourth-order valence-corrected chi connectivity index (χ4v) is 2.95. The second-order valence-corrected chi connectivity index (χ2v) is 6.06. The predicted octanol–water partition coefficient (Wildman–Crippen LogP) is 1.17. The normalized spacial score (nSPS) is 20.4. The molecule has 21 heavy (non-hydrogen) atoms. The van der Waals surface area contributed by atoms with Crippen molar-refractivity contribution in [3.63, 3.8) is 0 Å². The molecule has 1 aromatic rings. The first-order valence-electron chi connectivity index (χ1n) is 7.71. The number of carbonyl (C=O) groups excluding carboxylic acids is 1. The molecule has 1 saturated heterocycles. The van der Waals surface area contributed by atoms with E-state index < -0.39 is 0 Å². The summed E-state index contributed by atoms with van der Waals surface area (Å²) in [6.45, 7) is 2.90. The zero-order valence-corrected chi connectivity index (χ0v) is 12.2. The van der Waals surface area contributed by atoms with Gasteiger partial charge < -0.3 is 20.6 Å². The van der Waals surface area contributed by atoms with Gasteiger partial charge in [0.1, 0.15) is 5.75 Å². The Morgan fingerprint density at radius 3 is 2.52 bits per heavy atom. The van der Waals surface area contributed by atoms with Gasteiger partial charge in [0.2, 0.25) is 5.91 Å². The highest BCUT2D eigenvalue weighted by molar-refractivity contribution is 5.77. The average molecular weight is 289 g/mol. The number of hydrogen-bond acceptors (Lipinski definition) is 4. The standard InChI is InChI=1S/C16H23N3O2/c17-13(12-5-6-12)11-16(21)19-9-7-18(8-10-19)14-3-1-2-4-15(14)20/h1-4,12-13,20H,5-11,17H2. The fourth-order valence-electron chi connectivity index (χ4n) is 2.95. The van der Waals surface area contributed by atoms with Gasteiger partial charge in [-0.2, -0.15) is 0 Å². The van der Waals surface area contributed by atoms with E-state index in [2.05, 4.69) is 4.90 Å². The van der Waals surface area contributed by atoms with Gasteiger partial charge in [-0.25, -0.2) is 0 Å². The zero-order chi connectivity index (χ0) is 14.8. The first-order chi connectivity index (χ1) is 10.1. The van der Waals surface area contributed by atoms with Crippen molar-refractivity contribution in [2.24, 2.45) is 11.7 Å². The van der Waals surface area contributed by atoms with E-state index in [-0.39, 0.29) is 11.9 Å².